The van der Waals surface area contributed by atoms with Crippen molar-refractivity contribution in [1.29, 1.82) is 0 Å². The molecule has 0 aliphatic rings. The highest BCUT2D eigenvalue weighted by atomic mass is 16.5. The van der Waals surface area contributed by atoms with Crippen LogP contribution in [-0.2, 0) is 0 Å². The third-order valence-electron chi connectivity index (χ3n) is 2.93. The number of carboxylic acid groups (broad SMARTS) is 1. The zero-order valence-electron chi connectivity index (χ0n) is 9.64. The predicted octanol–water partition coefficient (Wildman–Crippen LogP) is 3.29. The van der Waals surface area contributed by atoms with Gasteiger partial charge in [0.15, 0.2) is 11.3 Å². The van der Waals surface area contributed by atoms with Crippen LogP contribution in [-0.4, -0.2) is 18.2 Å². The SMILES string of the molecule is COc1cccc2c1oc1ccc(C(=O)O)cc12. The van der Waals surface area contributed by atoms with Crippen molar-refractivity contribution in [3.8, 4) is 5.75 Å². The van der Waals surface area contributed by atoms with Gasteiger partial charge in [0.25, 0.3) is 0 Å². The van der Waals surface area contributed by atoms with Gasteiger partial charge in [-0.25, -0.2) is 4.79 Å². The van der Waals surface area contributed by atoms with Crippen LogP contribution in [0.3, 0.4) is 0 Å². The molecule has 1 heterocycles. The zero-order chi connectivity index (χ0) is 12.7. The maximum atomic E-state index is 11.0. The van der Waals surface area contributed by atoms with Crippen LogP contribution in [0.4, 0.5) is 0 Å². The van der Waals surface area contributed by atoms with E-state index in [1.54, 1.807) is 19.2 Å². The van der Waals surface area contributed by atoms with Gasteiger partial charge >= 0.3 is 5.97 Å². The third-order valence-corrected chi connectivity index (χ3v) is 2.93. The van der Waals surface area contributed by atoms with E-state index < -0.39 is 5.97 Å². The molecule has 0 saturated heterocycles. The monoisotopic (exact) mass is 242 g/mol. The highest BCUT2D eigenvalue weighted by Crippen LogP contribution is 2.34. The van der Waals surface area contributed by atoms with E-state index in [1.807, 2.05) is 18.2 Å². The van der Waals surface area contributed by atoms with Gasteiger partial charge in [0.05, 0.1) is 12.7 Å². The first-order valence-electron chi connectivity index (χ1n) is 5.43. The van der Waals surface area contributed by atoms with E-state index in [2.05, 4.69) is 0 Å². The van der Waals surface area contributed by atoms with Gasteiger partial charge in [0.2, 0.25) is 0 Å². The average Bonchev–Trinajstić information content (AvgIpc) is 2.76. The molecule has 0 atom stereocenters. The van der Waals surface area contributed by atoms with Crippen LogP contribution in [0.25, 0.3) is 21.9 Å². The Labute approximate surface area is 102 Å². The van der Waals surface area contributed by atoms with Crippen molar-refractivity contribution in [2.45, 2.75) is 0 Å². The lowest BCUT2D eigenvalue weighted by molar-refractivity contribution is 0.0697. The van der Waals surface area contributed by atoms with Crippen molar-refractivity contribution < 1.29 is 19.1 Å². The normalized spacial score (nSPS) is 10.9. The summed E-state index contributed by atoms with van der Waals surface area (Å²) in [5, 5.41) is 10.6. The number of methoxy groups -OCH3 is 1. The Hall–Kier alpha value is -2.49. The van der Waals surface area contributed by atoms with Crippen molar-refractivity contribution >= 4 is 27.9 Å². The van der Waals surface area contributed by atoms with E-state index in [0.29, 0.717) is 16.9 Å². The first kappa shape index (κ1) is 10.7. The summed E-state index contributed by atoms with van der Waals surface area (Å²) in [5.74, 6) is -0.310. The van der Waals surface area contributed by atoms with Gasteiger partial charge in [0.1, 0.15) is 5.58 Å². The van der Waals surface area contributed by atoms with Crippen molar-refractivity contribution in [2.24, 2.45) is 0 Å². The Bertz CT molecular complexity index is 755. The molecule has 0 radical (unpaired) electrons. The molecule has 4 nitrogen and oxygen atoms in total. The minimum Gasteiger partial charge on any atom is -0.493 e. The summed E-state index contributed by atoms with van der Waals surface area (Å²) in [5.41, 5.74) is 1.53. The van der Waals surface area contributed by atoms with Gasteiger partial charge in [-0.15, -0.1) is 0 Å². The zero-order valence-corrected chi connectivity index (χ0v) is 9.64. The quantitative estimate of drug-likeness (QED) is 0.749. The molecule has 3 aromatic rings. The standard InChI is InChI=1S/C14H10O4/c1-17-12-4-2-3-9-10-7-8(14(15)16)5-6-11(10)18-13(9)12/h2-7H,1H3,(H,15,16). The van der Waals surface area contributed by atoms with E-state index >= 15 is 0 Å². The molecule has 0 unspecified atom stereocenters. The Morgan fingerprint density at radius 3 is 2.78 bits per heavy atom. The van der Waals surface area contributed by atoms with E-state index in [0.717, 1.165) is 10.8 Å². The van der Waals surface area contributed by atoms with Gasteiger partial charge in [-0.3, -0.25) is 0 Å². The van der Waals surface area contributed by atoms with E-state index in [-0.39, 0.29) is 5.56 Å². The molecule has 1 N–H and O–H groups in total. The highest BCUT2D eigenvalue weighted by molar-refractivity contribution is 6.08. The topological polar surface area (TPSA) is 59.7 Å². The summed E-state index contributed by atoms with van der Waals surface area (Å²) in [7, 11) is 1.57. The molecule has 0 aliphatic carbocycles. The maximum absolute atomic E-state index is 11.0. The van der Waals surface area contributed by atoms with Crippen molar-refractivity contribution in [3.63, 3.8) is 0 Å². The van der Waals surface area contributed by atoms with Gasteiger partial charge in [0, 0.05) is 10.8 Å². The average molecular weight is 242 g/mol. The van der Waals surface area contributed by atoms with Crippen LogP contribution in [0.5, 0.6) is 5.75 Å². The Balaban J connectivity index is 2.41. The molecular weight excluding hydrogens is 232 g/mol. The number of aromatic carboxylic acids is 1. The fraction of sp³-hybridized carbons (Fsp3) is 0.0714. The summed E-state index contributed by atoms with van der Waals surface area (Å²) in [6.45, 7) is 0. The molecule has 1 aromatic heterocycles. The third kappa shape index (κ3) is 1.43. The van der Waals surface area contributed by atoms with Crippen LogP contribution in [0, 0.1) is 0 Å². The molecule has 90 valence electrons. The Morgan fingerprint density at radius 1 is 1.22 bits per heavy atom. The fourth-order valence-corrected chi connectivity index (χ4v) is 2.07. The van der Waals surface area contributed by atoms with Crippen LogP contribution < -0.4 is 4.74 Å². The second-order valence-corrected chi connectivity index (χ2v) is 3.96. The molecule has 18 heavy (non-hydrogen) atoms. The number of hydrogen-bond donors (Lipinski definition) is 1. The number of furan rings is 1. The molecule has 0 aliphatic heterocycles. The van der Waals surface area contributed by atoms with Crippen LogP contribution in [0.15, 0.2) is 40.8 Å². The summed E-state index contributed by atoms with van der Waals surface area (Å²) in [4.78, 5) is 11.0. The molecule has 0 amide bonds. The summed E-state index contributed by atoms with van der Waals surface area (Å²) in [6, 6.07) is 10.3. The van der Waals surface area contributed by atoms with Crippen LogP contribution in [0.1, 0.15) is 10.4 Å². The van der Waals surface area contributed by atoms with Gasteiger partial charge in [-0.1, -0.05) is 12.1 Å². The van der Waals surface area contributed by atoms with Crippen LogP contribution in [0.2, 0.25) is 0 Å². The number of benzene rings is 2. The molecule has 0 spiro atoms. The summed E-state index contributed by atoms with van der Waals surface area (Å²) < 4.78 is 10.9. The van der Waals surface area contributed by atoms with Crippen molar-refractivity contribution in [1.82, 2.24) is 0 Å². The molecular formula is C14H10O4. The largest absolute Gasteiger partial charge is 0.493 e. The van der Waals surface area contributed by atoms with E-state index in [1.165, 1.54) is 6.07 Å². The highest BCUT2D eigenvalue weighted by Gasteiger charge is 2.13. The lowest BCUT2D eigenvalue weighted by Crippen LogP contribution is -1.94. The van der Waals surface area contributed by atoms with Gasteiger partial charge < -0.3 is 14.3 Å². The number of rotatable bonds is 2. The number of carbonyl (C=O) groups is 1. The lowest BCUT2D eigenvalue weighted by atomic mass is 10.1. The van der Waals surface area contributed by atoms with Crippen LogP contribution >= 0.6 is 0 Å². The minimum atomic E-state index is -0.950. The smallest absolute Gasteiger partial charge is 0.335 e. The van der Waals surface area contributed by atoms with Gasteiger partial charge in [-0.2, -0.15) is 0 Å². The first-order chi connectivity index (χ1) is 8.70. The second-order valence-electron chi connectivity index (χ2n) is 3.96. The first-order valence-corrected chi connectivity index (χ1v) is 5.43. The molecule has 2 aromatic carbocycles. The van der Waals surface area contributed by atoms with E-state index in [9.17, 15) is 4.79 Å². The molecule has 3 rings (SSSR count). The number of para-hydroxylation sites is 1. The fourth-order valence-electron chi connectivity index (χ4n) is 2.07. The summed E-state index contributed by atoms with van der Waals surface area (Å²) >= 11 is 0. The van der Waals surface area contributed by atoms with Gasteiger partial charge in [-0.05, 0) is 24.3 Å². The molecule has 0 fully saturated rings. The Kier molecular flexibility index (Phi) is 2.23. The maximum Gasteiger partial charge on any atom is 0.335 e. The lowest BCUT2D eigenvalue weighted by Gasteiger charge is -1.98. The van der Waals surface area contributed by atoms with E-state index in [4.69, 9.17) is 14.3 Å². The predicted molar refractivity (Wildman–Crippen MR) is 67.2 cm³/mol. The van der Waals surface area contributed by atoms with Crippen molar-refractivity contribution in [3.05, 3.63) is 42.0 Å². The molecule has 0 saturated carbocycles. The Morgan fingerprint density at radius 2 is 2.06 bits per heavy atom. The minimum absolute atomic E-state index is 0.244. The second kappa shape index (κ2) is 3.77. The number of carboxylic acids is 1. The summed E-state index contributed by atoms with van der Waals surface area (Å²) in [6.07, 6.45) is 0. The number of fused-ring (bicyclic) bond motifs is 3. The molecule has 0 bridgehead atoms. The molecule has 4 heteroatoms. The van der Waals surface area contributed by atoms with Crippen molar-refractivity contribution in [2.75, 3.05) is 7.11 Å². The number of ether oxygens (including phenoxy) is 1. The number of hydrogen-bond acceptors (Lipinski definition) is 3.